The molecule has 0 atom stereocenters. The van der Waals surface area contributed by atoms with Crippen LogP contribution in [0.15, 0.2) is 48.5 Å². The molecule has 1 fully saturated rings. The van der Waals surface area contributed by atoms with Crippen molar-refractivity contribution in [2.45, 2.75) is 32.7 Å². The minimum atomic E-state index is -0.213. The van der Waals surface area contributed by atoms with Gasteiger partial charge in [0, 0.05) is 32.7 Å². The molecule has 2 aromatic rings. The number of ether oxygens (including phenoxy) is 1. The summed E-state index contributed by atoms with van der Waals surface area (Å²) < 4.78 is 18.8. The molecule has 0 unspecified atom stereocenters. The highest BCUT2D eigenvalue weighted by molar-refractivity contribution is 5.77. The molecule has 3 rings (SSSR count). The number of amides is 1. The van der Waals surface area contributed by atoms with E-state index in [1.54, 1.807) is 0 Å². The number of benzene rings is 2. The fourth-order valence-electron chi connectivity index (χ4n) is 3.43. The van der Waals surface area contributed by atoms with Gasteiger partial charge in [0.2, 0.25) is 0 Å². The van der Waals surface area contributed by atoms with Gasteiger partial charge in [0.1, 0.15) is 11.6 Å². The van der Waals surface area contributed by atoms with E-state index in [4.69, 9.17) is 4.74 Å². The largest absolute Gasteiger partial charge is 0.484 e. The molecule has 0 radical (unpaired) electrons. The number of halogens is 1. The number of carbonyl (C=O) groups is 1. The van der Waals surface area contributed by atoms with Crippen LogP contribution in [-0.4, -0.2) is 48.5 Å². The van der Waals surface area contributed by atoms with Gasteiger partial charge in [-0.25, -0.2) is 4.39 Å². The average molecular weight is 384 g/mol. The zero-order valence-electron chi connectivity index (χ0n) is 16.7. The predicted molar refractivity (Wildman–Crippen MR) is 109 cm³/mol. The van der Waals surface area contributed by atoms with E-state index in [1.807, 2.05) is 35.2 Å². The van der Waals surface area contributed by atoms with E-state index in [9.17, 15) is 9.18 Å². The smallest absolute Gasteiger partial charge is 0.260 e. The van der Waals surface area contributed by atoms with Gasteiger partial charge in [-0.05, 0) is 47.7 Å². The van der Waals surface area contributed by atoms with Gasteiger partial charge in [-0.2, -0.15) is 0 Å². The van der Waals surface area contributed by atoms with Gasteiger partial charge in [-0.15, -0.1) is 0 Å². The second-order valence-corrected chi connectivity index (χ2v) is 7.65. The van der Waals surface area contributed by atoms with Crippen molar-refractivity contribution in [3.63, 3.8) is 0 Å². The van der Waals surface area contributed by atoms with Crippen molar-refractivity contribution in [2.24, 2.45) is 0 Å². The molecule has 1 aliphatic rings. The molecular weight excluding hydrogens is 355 g/mol. The summed E-state index contributed by atoms with van der Waals surface area (Å²) in [6.07, 6.45) is 0.926. The quantitative estimate of drug-likeness (QED) is 0.753. The van der Waals surface area contributed by atoms with Gasteiger partial charge in [-0.3, -0.25) is 9.69 Å². The highest BCUT2D eigenvalue weighted by Crippen LogP contribution is 2.20. The summed E-state index contributed by atoms with van der Waals surface area (Å²) in [4.78, 5) is 16.8. The number of hydrogen-bond acceptors (Lipinski definition) is 3. The summed E-state index contributed by atoms with van der Waals surface area (Å²) in [7, 11) is 0. The highest BCUT2D eigenvalue weighted by atomic mass is 19.1. The molecule has 0 saturated carbocycles. The Morgan fingerprint density at radius 1 is 1.07 bits per heavy atom. The van der Waals surface area contributed by atoms with Crippen molar-refractivity contribution in [1.82, 2.24) is 9.80 Å². The van der Waals surface area contributed by atoms with Crippen molar-refractivity contribution in [3.8, 4) is 5.75 Å². The Hall–Kier alpha value is -2.40. The van der Waals surface area contributed by atoms with Crippen molar-refractivity contribution in [1.29, 1.82) is 0 Å². The Labute approximate surface area is 166 Å². The van der Waals surface area contributed by atoms with Crippen LogP contribution < -0.4 is 4.74 Å². The molecule has 0 spiro atoms. The molecule has 5 heteroatoms. The molecule has 0 aromatic heterocycles. The van der Waals surface area contributed by atoms with Crippen LogP contribution in [-0.2, 0) is 11.3 Å². The molecule has 0 N–H and O–H groups in total. The maximum absolute atomic E-state index is 13.1. The van der Waals surface area contributed by atoms with Gasteiger partial charge in [0.25, 0.3) is 5.91 Å². The van der Waals surface area contributed by atoms with E-state index in [-0.39, 0.29) is 18.3 Å². The zero-order chi connectivity index (χ0) is 19.9. The third kappa shape index (κ3) is 5.80. The van der Waals surface area contributed by atoms with Gasteiger partial charge >= 0.3 is 0 Å². The molecule has 1 aliphatic heterocycles. The molecule has 0 bridgehead atoms. The second kappa shape index (κ2) is 9.69. The standard InChI is InChI=1S/C23H29FN2O2/c1-18(2)20-5-3-6-22(15-20)28-17-23(27)26-12-4-11-25(13-14-26)16-19-7-9-21(24)10-8-19/h3,5-10,15,18H,4,11-14,16-17H2,1-2H3. The van der Waals surface area contributed by atoms with Crippen LogP contribution in [0.1, 0.15) is 37.3 Å². The number of carbonyl (C=O) groups excluding carboxylic acids is 1. The summed E-state index contributed by atoms with van der Waals surface area (Å²) >= 11 is 0. The van der Waals surface area contributed by atoms with Crippen LogP contribution >= 0.6 is 0 Å². The van der Waals surface area contributed by atoms with E-state index in [2.05, 4.69) is 24.8 Å². The number of rotatable bonds is 6. The average Bonchev–Trinajstić information content (AvgIpc) is 2.94. The molecule has 2 aromatic carbocycles. The van der Waals surface area contributed by atoms with E-state index in [0.717, 1.165) is 43.9 Å². The van der Waals surface area contributed by atoms with E-state index < -0.39 is 0 Å². The lowest BCUT2D eigenvalue weighted by Gasteiger charge is -2.22. The van der Waals surface area contributed by atoms with Gasteiger partial charge < -0.3 is 9.64 Å². The highest BCUT2D eigenvalue weighted by Gasteiger charge is 2.19. The number of hydrogen-bond donors (Lipinski definition) is 0. The van der Waals surface area contributed by atoms with Crippen molar-refractivity contribution >= 4 is 5.91 Å². The van der Waals surface area contributed by atoms with Crippen LogP contribution in [0, 0.1) is 5.82 Å². The van der Waals surface area contributed by atoms with E-state index in [0.29, 0.717) is 12.5 Å². The van der Waals surface area contributed by atoms with E-state index in [1.165, 1.54) is 17.7 Å². The first-order valence-corrected chi connectivity index (χ1v) is 9.98. The Bertz CT molecular complexity index is 776. The van der Waals surface area contributed by atoms with Gasteiger partial charge in [0.15, 0.2) is 6.61 Å². The van der Waals surface area contributed by atoms with Crippen LogP contribution in [0.25, 0.3) is 0 Å². The minimum absolute atomic E-state index is 0.0265. The Morgan fingerprint density at radius 3 is 2.61 bits per heavy atom. The minimum Gasteiger partial charge on any atom is -0.484 e. The molecule has 28 heavy (non-hydrogen) atoms. The second-order valence-electron chi connectivity index (χ2n) is 7.65. The lowest BCUT2D eigenvalue weighted by atomic mass is 10.0. The molecule has 4 nitrogen and oxygen atoms in total. The van der Waals surface area contributed by atoms with Crippen molar-refractivity contribution in [2.75, 3.05) is 32.8 Å². The summed E-state index contributed by atoms with van der Waals surface area (Å²) in [5.41, 5.74) is 2.30. The van der Waals surface area contributed by atoms with Crippen LogP contribution in [0.4, 0.5) is 4.39 Å². The van der Waals surface area contributed by atoms with Crippen LogP contribution in [0.3, 0.4) is 0 Å². The lowest BCUT2D eigenvalue weighted by molar-refractivity contribution is -0.133. The SMILES string of the molecule is CC(C)c1cccc(OCC(=O)N2CCCN(Cc3ccc(F)cc3)CC2)c1. The third-order valence-electron chi connectivity index (χ3n) is 5.15. The summed E-state index contributed by atoms with van der Waals surface area (Å²) in [5, 5.41) is 0. The summed E-state index contributed by atoms with van der Waals surface area (Å²) in [5.74, 6) is 0.984. The van der Waals surface area contributed by atoms with Crippen LogP contribution in [0.2, 0.25) is 0 Å². The summed E-state index contributed by atoms with van der Waals surface area (Å²) in [6, 6.07) is 14.6. The Balaban J connectivity index is 1.48. The first kappa shape index (κ1) is 20.3. The zero-order valence-corrected chi connectivity index (χ0v) is 16.7. The van der Waals surface area contributed by atoms with Crippen molar-refractivity contribution in [3.05, 3.63) is 65.5 Å². The first-order valence-electron chi connectivity index (χ1n) is 9.98. The fourth-order valence-corrected chi connectivity index (χ4v) is 3.43. The Morgan fingerprint density at radius 2 is 1.86 bits per heavy atom. The number of nitrogens with zero attached hydrogens (tertiary/aromatic N) is 2. The molecule has 1 amide bonds. The lowest BCUT2D eigenvalue weighted by Crippen LogP contribution is -2.38. The van der Waals surface area contributed by atoms with Gasteiger partial charge in [0.05, 0.1) is 0 Å². The molecule has 1 saturated heterocycles. The molecular formula is C23H29FN2O2. The van der Waals surface area contributed by atoms with Gasteiger partial charge in [-0.1, -0.05) is 38.1 Å². The third-order valence-corrected chi connectivity index (χ3v) is 5.15. The Kier molecular flexibility index (Phi) is 7.04. The predicted octanol–water partition coefficient (Wildman–Crippen LogP) is 4.06. The topological polar surface area (TPSA) is 32.8 Å². The molecule has 1 heterocycles. The normalized spacial score (nSPS) is 15.5. The summed E-state index contributed by atoms with van der Waals surface area (Å²) in [6.45, 7) is 8.30. The monoisotopic (exact) mass is 384 g/mol. The van der Waals surface area contributed by atoms with E-state index >= 15 is 0 Å². The van der Waals surface area contributed by atoms with Crippen molar-refractivity contribution < 1.29 is 13.9 Å². The fraction of sp³-hybridized carbons (Fsp3) is 0.435. The first-order chi connectivity index (χ1) is 13.5. The molecule has 0 aliphatic carbocycles. The maximum Gasteiger partial charge on any atom is 0.260 e. The molecule has 150 valence electrons. The maximum atomic E-state index is 13.1. The van der Waals surface area contributed by atoms with Crippen LogP contribution in [0.5, 0.6) is 5.75 Å².